The van der Waals surface area contributed by atoms with Gasteiger partial charge in [0.15, 0.2) is 0 Å². The zero-order chi connectivity index (χ0) is 19.1. The average Bonchev–Trinajstić information content (AvgIpc) is 3.37. The Morgan fingerprint density at radius 1 is 0.963 bits per heavy atom. The highest BCUT2D eigenvalue weighted by molar-refractivity contribution is 5.87. The third-order valence-corrected chi connectivity index (χ3v) is 6.87. The largest absolute Gasteiger partial charge is 0.480 e. The van der Waals surface area contributed by atoms with Gasteiger partial charge >= 0.3 is 12.1 Å². The van der Waals surface area contributed by atoms with Crippen LogP contribution in [-0.2, 0) is 14.3 Å². The monoisotopic (exact) mass is 379 g/mol. The van der Waals surface area contributed by atoms with Crippen molar-refractivity contribution in [1.82, 2.24) is 14.7 Å². The molecule has 150 valence electrons. The summed E-state index contributed by atoms with van der Waals surface area (Å²) in [5, 5.41) is 8.94. The van der Waals surface area contributed by atoms with Crippen LogP contribution >= 0.6 is 0 Å². The Labute approximate surface area is 159 Å². The molecule has 0 aromatic rings. The molecule has 8 nitrogen and oxygen atoms in total. The molecule has 1 saturated carbocycles. The van der Waals surface area contributed by atoms with E-state index in [-0.39, 0.29) is 18.0 Å². The minimum atomic E-state index is -1.04. The van der Waals surface area contributed by atoms with Gasteiger partial charge in [0.1, 0.15) is 17.7 Å². The van der Waals surface area contributed by atoms with Gasteiger partial charge in [-0.15, -0.1) is 0 Å². The number of likely N-dealkylation sites (tertiary alicyclic amines) is 2. The van der Waals surface area contributed by atoms with Crippen molar-refractivity contribution in [2.75, 3.05) is 39.3 Å². The Hall–Kier alpha value is -1.83. The normalized spacial score (nSPS) is 27.3. The maximum absolute atomic E-state index is 13.5. The van der Waals surface area contributed by atoms with E-state index in [1.165, 1.54) is 17.7 Å². The van der Waals surface area contributed by atoms with Crippen LogP contribution in [0.4, 0.5) is 4.79 Å². The second-order valence-electron chi connectivity index (χ2n) is 8.53. The molecule has 0 aromatic carbocycles. The lowest BCUT2D eigenvalue weighted by atomic mass is 9.88. The fourth-order valence-electron chi connectivity index (χ4n) is 5.42. The zero-order valence-electron chi connectivity index (χ0n) is 15.8. The first-order valence-corrected chi connectivity index (χ1v) is 10.2. The maximum atomic E-state index is 13.5. The van der Waals surface area contributed by atoms with E-state index in [4.69, 9.17) is 9.84 Å². The number of carbonyl (C=O) groups is 3. The summed E-state index contributed by atoms with van der Waals surface area (Å²) in [4.78, 5) is 42.0. The molecule has 3 aliphatic heterocycles. The van der Waals surface area contributed by atoms with Crippen LogP contribution in [0, 0.1) is 0 Å². The molecule has 3 heterocycles. The van der Waals surface area contributed by atoms with Crippen molar-refractivity contribution in [1.29, 1.82) is 0 Å². The van der Waals surface area contributed by atoms with Gasteiger partial charge in [-0.05, 0) is 38.8 Å². The van der Waals surface area contributed by atoms with Gasteiger partial charge < -0.3 is 14.7 Å². The second-order valence-corrected chi connectivity index (χ2v) is 8.53. The first-order chi connectivity index (χ1) is 12.9. The highest BCUT2D eigenvalue weighted by Gasteiger charge is 2.52. The molecule has 0 unspecified atom stereocenters. The number of carboxylic acid groups (broad SMARTS) is 1. The molecule has 2 amide bonds. The van der Waals surface area contributed by atoms with Gasteiger partial charge in [-0.1, -0.05) is 12.8 Å². The molecule has 0 radical (unpaired) electrons. The Balaban J connectivity index is 1.41. The van der Waals surface area contributed by atoms with Crippen molar-refractivity contribution in [3.63, 3.8) is 0 Å². The van der Waals surface area contributed by atoms with Crippen LogP contribution in [0.1, 0.15) is 51.4 Å². The van der Waals surface area contributed by atoms with Crippen LogP contribution in [0.3, 0.4) is 0 Å². The van der Waals surface area contributed by atoms with Gasteiger partial charge in [0, 0.05) is 25.9 Å². The molecule has 0 bridgehead atoms. The van der Waals surface area contributed by atoms with Gasteiger partial charge in [0.25, 0.3) is 0 Å². The van der Waals surface area contributed by atoms with Gasteiger partial charge in [0.2, 0.25) is 5.91 Å². The number of nitrogens with zero attached hydrogens (tertiary/aromatic N) is 3. The van der Waals surface area contributed by atoms with Crippen LogP contribution in [0.25, 0.3) is 0 Å². The molecule has 1 N–H and O–H groups in total. The minimum absolute atomic E-state index is 0.253. The van der Waals surface area contributed by atoms with E-state index in [0.717, 1.165) is 38.8 Å². The molecule has 1 spiro atoms. The van der Waals surface area contributed by atoms with Crippen LogP contribution in [0.15, 0.2) is 0 Å². The van der Waals surface area contributed by atoms with E-state index in [1.54, 1.807) is 0 Å². The number of carbonyl (C=O) groups excluding carboxylic acids is 2. The number of piperidine rings is 1. The number of hydrogen-bond donors (Lipinski definition) is 1. The number of carboxylic acids is 1. The van der Waals surface area contributed by atoms with Crippen molar-refractivity contribution < 1.29 is 24.2 Å². The highest BCUT2D eigenvalue weighted by Crippen LogP contribution is 2.41. The Morgan fingerprint density at radius 3 is 2.19 bits per heavy atom. The summed E-state index contributed by atoms with van der Waals surface area (Å²) in [6.45, 7) is 3.15. The van der Waals surface area contributed by atoms with E-state index in [1.807, 2.05) is 4.90 Å². The third-order valence-electron chi connectivity index (χ3n) is 6.87. The van der Waals surface area contributed by atoms with Crippen molar-refractivity contribution in [2.45, 2.75) is 62.5 Å². The lowest BCUT2D eigenvalue weighted by Crippen LogP contribution is -2.60. The van der Waals surface area contributed by atoms with Gasteiger partial charge in [-0.3, -0.25) is 19.4 Å². The Morgan fingerprint density at radius 2 is 1.59 bits per heavy atom. The fourth-order valence-corrected chi connectivity index (χ4v) is 5.42. The van der Waals surface area contributed by atoms with E-state index in [0.29, 0.717) is 32.5 Å². The summed E-state index contributed by atoms with van der Waals surface area (Å²) in [7, 11) is 0. The molecule has 27 heavy (non-hydrogen) atoms. The predicted octanol–water partition coefficient (Wildman–Crippen LogP) is 1.29. The summed E-state index contributed by atoms with van der Waals surface area (Å²) in [6, 6.07) is 0. The number of hydrogen-bond acceptors (Lipinski definition) is 5. The molecule has 4 aliphatic rings. The summed E-state index contributed by atoms with van der Waals surface area (Å²) in [5.74, 6) is -0.783. The second kappa shape index (κ2) is 6.96. The fraction of sp³-hybridized carbons (Fsp3) is 0.842. The van der Waals surface area contributed by atoms with E-state index in [2.05, 4.69) is 4.90 Å². The average molecular weight is 379 g/mol. The van der Waals surface area contributed by atoms with Crippen LogP contribution in [0.5, 0.6) is 0 Å². The molecule has 4 fully saturated rings. The maximum Gasteiger partial charge on any atom is 0.411 e. The molecular weight excluding hydrogens is 350 g/mol. The van der Waals surface area contributed by atoms with Crippen molar-refractivity contribution >= 4 is 18.0 Å². The standard InChI is InChI=1S/C19H29N3O5/c23-15(24)13-21-14-18(27-17(21)26)7-11-20(12-8-18)16(25)19(5-1-2-6-19)22-9-3-4-10-22/h1-14H2,(H,23,24). The van der Waals surface area contributed by atoms with Gasteiger partial charge in [-0.25, -0.2) is 4.79 Å². The topological polar surface area (TPSA) is 90.4 Å². The SMILES string of the molecule is O=C(O)CN1CC2(CCN(C(=O)C3(N4CCCC4)CCCC3)CC2)OC1=O. The number of rotatable bonds is 4. The molecular formula is C19H29N3O5. The van der Waals surface area contributed by atoms with Crippen LogP contribution in [-0.4, -0.2) is 88.2 Å². The Kier molecular flexibility index (Phi) is 4.78. The summed E-state index contributed by atoms with van der Waals surface area (Å²) >= 11 is 0. The van der Waals surface area contributed by atoms with Crippen molar-refractivity contribution in [3.8, 4) is 0 Å². The minimum Gasteiger partial charge on any atom is -0.480 e. The molecule has 0 atom stereocenters. The number of ether oxygens (including phenoxy) is 1. The zero-order valence-corrected chi connectivity index (χ0v) is 15.8. The van der Waals surface area contributed by atoms with Gasteiger partial charge in [0.05, 0.1) is 6.54 Å². The highest BCUT2D eigenvalue weighted by atomic mass is 16.6. The van der Waals surface area contributed by atoms with E-state index in [9.17, 15) is 14.4 Å². The molecule has 4 rings (SSSR count). The van der Waals surface area contributed by atoms with Crippen molar-refractivity contribution in [3.05, 3.63) is 0 Å². The van der Waals surface area contributed by atoms with Crippen LogP contribution < -0.4 is 0 Å². The lowest BCUT2D eigenvalue weighted by Gasteiger charge is -2.44. The molecule has 8 heteroatoms. The number of aliphatic carboxylic acids is 1. The van der Waals surface area contributed by atoms with E-state index >= 15 is 0 Å². The summed E-state index contributed by atoms with van der Waals surface area (Å²) in [5.41, 5.74) is -0.956. The molecule has 0 aromatic heterocycles. The smallest absolute Gasteiger partial charge is 0.411 e. The third kappa shape index (κ3) is 3.28. The predicted molar refractivity (Wildman–Crippen MR) is 96.2 cm³/mol. The molecule has 3 saturated heterocycles. The Bertz CT molecular complexity index is 617. The van der Waals surface area contributed by atoms with Crippen LogP contribution in [0.2, 0.25) is 0 Å². The summed E-state index contributed by atoms with van der Waals surface area (Å²) in [6.07, 6.45) is 7.09. The quantitative estimate of drug-likeness (QED) is 0.792. The first kappa shape index (κ1) is 18.5. The summed E-state index contributed by atoms with van der Waals surface area (Å²) < 4.78 is 5.56. The van der Waals surface area contributed by atoms with Gasteiger partial charge in [-0.2, -0.15) is 0 Å². The lowest BCUT2D eigenvalue weighted by molar-refractivity contribution is -0.147. The molecule has 1 aliphatic carbocycles. The number of amides is 2. The van der Waals surface area contributed by atoms with E-state index < -0.39 is 17.7 Å². The first-order valence-electron chi connectivity index (χ1n) is 10.2. The van der Waals surface area contributed by atoms with Crippen molar-refractivity contribution in [2.24, 2.45) is 0 Å².